The third-order valence-electron chi connectivity index (χ3n) is 3.04. The summed E-state index contributed by atoms with van der Waals surface area (Å²) in [6.07, 6.45) is 5.54. The maximum atomic E-state index is 12.1. The van der Waals surface area contributed by atoms with Gasteiger partial charge >= 0.3 is 0 Å². The first kappa shape index (κ1) is 11.1. The number of H-pyrrole nitrogens is 1. The summed E-state index contributed by atoms with van der Waals surface area (Å²) in [5, 5.41) is 9.66. The van der Waals surface area contributed by atoms with E-state index in [1.165, 1.54) is 6.42 Å². The molecule has 1 aliphatic rings. The minimum absolute atomic E-state index is 0.0922. The number of aromatic amines is 1. The molecule has 1 atom stereocenters. The molecule has 0 radical (unpaired) electrons. The first-order valence-electron chi connectivity index (χ1n) is 5.74. The second kappa shape index (κ2) is 5.12. The van der Waals surface area contributed by atoms with Crippen molar-refractivity contribution in [3.05, 3.63) is 18.0 Å². The van der Waals surface area contributed by atoms with E-state index in [1.54, 1.807) is 12.4 Å². The van der Waals surface area contributed by atoms with E-state index in [1.807, 2.05) is 11.9 Å². The molecular formula is C11H18N4O. The van der Waals surface area contributed by atoms with E-state index >= 15 is 0 Å². The maximum absolute atomic E-state index is 12.1. The number of nitrogens with zero attached hydrogens (tertiary/aromatic N) is 2. The molecule has 0 saturated carbocycles. The van der Waals surface area contributed by atoms with Crippen molar-refractivity contribution in [2.75, 3.05) is 26.7 Å². The van der Waals surface area contributed by atoms with Gasteiger partial charge in [0.05, 0.1) is 11.8 Å². The lowest BCUT2D eigenvalue weighted by Gasteiger charge is -2.32. The van der Waals surface area contributed by atoms with Crippen LogP contribution in [-0.2, 0) is 0 Å². The van der Waals surface area contributed by atoms with Crippen LogP contribution in [0.3, 0.4) is 0 Å². The van der Waals surface area contributed by atoms with Crippen LogP contribution in [0.15, 0.2) is 12.4 Å². The summed E-state index contributed by atoms with van der Waals surface area (Å²) in [7, 11) is 1.96. The number of amides is 1. The van der Waals surface area contributed by atoms with Crippen LogP contribution >= 0.6 is 0 Å². The lowest BCUT2D eigenvalue weighted by molar-refractivity contribution is 0.0674. The highest BCUT2D eigenvalue weighted by molar-refractivity contribution is 5.93. The molecule has 1 unspecified atom stereocenters. The van der Waals surface area contributed by atoms with E-state index in [9.17, 15) is 4.79 Å². The molecule has 5 heteroatoms. The Hall–Kier alpha value is -1.36. The number of hydrogen-bond donors (Lipinski definition) is 2. The first-order valence-corrected chi connectivity index (χ1v) is 5.74. The van der Waals surface area contributed by atoms with E-state index < -0.39 is 0 Å². The minimum Gasteiger partial charge on any atom is -0.338 e. The van der Waals surface area contributed by atoms with Gasteiger partial charge in [-0.05, 0) is 32.4 Å². The summed E-state index contributed by atoms with van der Waals surface area (Å²) < 4.78 is 0. The molecule has 16 heavy (non-hydrogen) atoms. The number of piperidine rings is 1. The molecule has 1 aromatic rings. The molecule has 2 heterocycles. The highest BCUT2D eigenvalue weighted by Gasteiger charge is 2.24. The van der Waals surface area contributed by atoms with Crippen LogP contribution in [0, 0.1) is 5.92 Å². The molecule has 0 aliphatic carbocycles. The molecule has 1 saturated heterocycles. The molecule has 88 valence electrons. The molecular weight excluding hydrogens is 204 g/mol. The fourth-order valence-electron chi connectivity index (χ4n) is 2.26. The summed E-state index contributed by atoms with van der Waals surface area (Å²) in [5.41, 5.74) is 0.658. The fourth-order valence-corrected chi connectivity index (χ4v) is 2.26. The third kappa shape index (κ3) is 2.41. The van der Waals surface area contributed by atoms with Crippen LogP contribution in [0.25, 0.3) is 0 Å². The Morgan fingerprint density at radius 3 is 3.31 bits per heavy atom. The van der Waals surface area contributed by atoms with Crippen LogP contribution < -0.4 is 5.32 Å². The summed E-state index contributed by atoms with van der Waals surface area (Å²) in [4.78, 5) is 14.0. The zero-order chi connectivity index (χ0) is 11.4. The minimum atomic E-state index is 0.0922. The largest absolute Gasteiger partial charge is 0.338 e. The number of hydrogen-bond acceptors (Lipinski definition) is 3. The Bertz CT molecular complexity index is 334. The fraction of sp³-hybridized carbons (Fsp3) is 0.636. The summed E-state index contributed by atoms with van der Waals surface area (Å²) in [5.74, 6) is 0.671. The average molecular weight is 222 g/mol. The van der Waals surface area contributed by atoms with Gasteiger partial charge in [0.2, 0.25) is 0 Å². The third-order valence-corrected chi connectivity index (χ3v) is 3.04. The lowest BCUT2D eigenvalue weighted by atomic mass is 9.97. The molecule has 0 bridgehead atoms. The Morgan fingerprint density at radius 1 is 1.75 bits per heavy atom. The van der Waals surface area contributed by atoms with Crippen LogP contribution in [0.1, 0.15) is 23.2 Å². The van der Waals surface area contributed by atoms with Gasteiger partial charge in [-0.1, -0.05) is 0 Å². The second-order valence-corrected chi connectivity index (χ2v) is 4.30. The van der Waals surface area contributed by atoms with Crippen molar-refractivity contribution in [3.8, 4) is 0 Å². The van der Waals surface area contributed by atoms with Gasteiger partial charge in [-0.25, -0.2) is 0 Å². The Morgan fingerprint density at radius 2 is 2.62 bits per heavy atom. The van der Waals surface area contributed by atoms with Crippen molar-refractivity contribution in [2.45, 2.75) is 12.8 Å². The van der Waals surface area contributed by atoms with Crippen molar-refractivity contribution in [1.29, 1.82) is 0 Å². The van der Waals surface area contributed by atoms with Gasteiger partial charge in [-0.3, -0.25) is 9.89 Å². The van der Waals surface area contributed by atoms with Crippen molar-refractivity contribution in [3.63, 3.8) is 0 Å². The van der Waals surface area contributed by atoms with Crippen molar-refractivity contribution < 1.29 is 4.79 Å². The van der Waals surface area contributed by atoms with E-state index in [-0.39, 0.29) is 5.91 Å². The average Bonchev–Trinajstić information content (AvgIpc) is 2.82. The van der Waals surface area contributed by atoms with Gasteiger partial charge in [0.1, 0.15) is 0 Å². The Kier molecular flexibility index (Phi) is 3.56. The molecule has 2 rings (SSSR count). The highest BCUT2D eigenvalue weighted by Crippen LogP contribution is 2.17. The quantitative estimate of drug-likeness (QED) is 0.782. The predicted octanol–water partition coefficient (Wildman–Crippen LogP) is 0.481. The highest BCUT2D eigenvalue weighted by atomic mass is 16.2. The molecule has 0 aromatic carbocycles. The SMILES string of the molecule is CNCC1CCCN(C(=O)c2cn[nH]c2)C1. The number of carbonyl (C=O) groups is 1. The second-order valence-electron chi connectivity index (χ2n) is 4.30. The van der Waals surface area contributed by atoms with Gasteiger partial charge in [-0.15, -0.1) is 0 Å². The molecule has 1 fully saturated rings. The van der Waals surface area contributed by atoms with Crippen LogP contribution in [0.2, 0.25) is 0 Å². The standard InChI is InChI=1S/C11H18N4O/c1-12-5-9-3-2-4-15(8-9)11(16)10-6-13-14-7-10/h6-7,9,12H,2-5,8H2,1H3,(H,13,14). The maximum Gasteiger partial charge on any atom is 0.257 e. The van der Waals surface area contributed by atoms with Gasteiger partial charge in [0, 0.05) is 19.3 Å². The molecule has 1 aliphatic heterocycles. The summed E-state index contributed by atoms with van der Waals surface area (Å²) in [6, 6.07) is 0. The van der Waals surface area contributed by atoms with Crippen molar-refractivity contribution >= 4 is 5.91 Å². The van der Waals surface area contributed by atoms with E-state index in [4.69, 9.17) is 0 Å². The first-order chi connectivity index (χ1) is 7.81. The van der Waals surface area contributed by atoms with Gasteiger partial charge in [-0.2, -0.15) is 5.10 Å². The number of aromatic nitrogens is 2. The van der Waals surface area contributed by atoms with Crippen molar-refractivity contribution in [2.24, 2.45) is 5.92 Å². The van der Waals surface area contributed by atoms with Gasteiger partial charge in [0.15, 0.2) is 0 Å². The van der Waals surface area contributed by atoms with E-state index in [0.717, 1.165) is 26.1 Å². The molecule has 0 spiro atoms. The molecule has 5 nitrogen and oxygen atoms in total. The molecule has 2 N–H and O–H groups in total. The van der Waals surface area contributed by atoms with Gasteiger partial charge in [0.25, 0.3) is 5.91 Å². The van der Waals surface area contributed by atoms with Crippen molar-refractivity contribution in [1.82, 2.24) is 20.4 Å². The molecule has 1 amide bonds. The van der Waals surface area contributed by atoms with Crippen LogP contribution in [0.4, 0.5) is 0 Å². The summed E-state index contributed by atoms with van der Waals surface area (Å²) in [6.45, 7) is 2.70. The Labute approximate surface area is 95.2 Å². The topological polar surface area (TPSA) is 61.0 Å². The number of rotatable bonds is 3. The molecule has 1 aromatic heterocycles. The zero-order valence-electron chi connectivity index (χ0n) is 9.57. The number of nitrogens with one attached hydrogen (secondary N) is 2. The van der Waals surface area contributed by atoms with Gasteiger partial charge < -0.3 is 10.2 Å². The van der Waals surface area contributed by atoms with Crippen LogP contribution in [0.5, 0.6) is 0 Å². The predicted molar refractivity (Wildman–Crippen MR) is 61.1 cm³/mol. The lowest BCUT2D eigenvalue weighted by Crippen LogP contribution is -2.42. The smallest absolute Gasteiger partial charge is 0.257 e. The van der Waals surface area contributed by atoms with E-state index in [0.29, 0.717) is 11.5 Å². The zero-order valence-corrected chi connectivity index (χ0v) is 9.57. The monoisotopic (exact) mass is 222 g/mol. The number of likely N-dealkylation sites (tertiary alicyclic amines) is 1. The van der Waals surface area contributed by atoms with E-state index in [2.05, 4.69) is 15.5 Å². The Balaban J connectivity index is 1.96. The summed E-state index contributed by atoms with van der Waals surface area (Å²) >= 11 is 0. The number of carbonyl (C=O) groups excluding carboxylic acids is 1. The normalized spacial score (nSPS) is 21.1. The van der Waals surface area contributed by atoms with Crippen LogP contribution in [-0.4, -0.2) is 47.7 Å².